The Morgan fingerprint density at radius 2 is 1.71 bits per heavy atom. The van der Waals surface area contributed by atoms with E-state index >= 15 is 0 Å². The van der Waals surface area contributed by atoms with E-state index in [0.717, 1.165) is 5.56 Å². The molecule has 140 valence electrons. The summed E-state index contributed by atoms with van der Waals surface area (Å²) >= 11 is 0. The van der Waals surface area contributed by atoms with E-state index < -0.39 is 0 Å². The molecule has 0 aliphatic heterocycles. The van der Waals surface area contributed by atoms with Gasteiger partial charge < -0.3 is 10.6 Å². The molecule has 2 N–H and O–H groups in total. The predicted octanol–water partition coefficient (Wildman–Crippen LogP) is 3.83. The molecule has 2 aromatic carbocycles. The van der Waals surface area contributed by atoms with Crippen LogP contribution in [0.1, 0.15) is 21.5 Å². The Balaban J connectivity index is 1.70. The minimum absolute atomic E-state index is 0.344. The van der Waals surface area contributed by atoms with Gasteiger partial charge in [0.25, 0.3) is 5.91 Å². The maximum atomic E-state index is 13.0. The average molecular weight is 376 g/mol. The highest BCUT2D eigenvalue weighted by molar-refractivity contribution is 6.06. The Labute approximate surface area is 161 Å². The van der Waals surface area contributed by atoms with Crippen molar-refractivity contribution in [2.45, 2.75) is 6.92 Å². The summed E-state index contributed by atoms with van der Waals surface area (Å²) in [5, 5.41) is 5.44. The van der Waals surface area contributed by atoms with Crippen molar-refractivity contribution in [2.24, 2.45) is 0 Å². The van der Waals surface area contributed by atoms with Crippen LogP contribution in [0.2, 0.25) is 0 Å². The summed E-state index contributed by atoms with van der Waals surface area (Å²) in [6.45, 7) is 1.83. The first-order valence-corrected chi connectivity index (χ1v) is 8.43. The van der Waals surface area contributed by atoms with Crippen molar-refractivity contribution in [1.82, 2.24) is 9.97 Å². The molecule has 3 rings (SSSR count). The van der Waals surface area contributed by atoms with Gasteiger partial charge in [-0.1, -0.05) is 6.07 Å². The van der Waals surface area contributed by atoms with Gasteiger partial charge in [0, 0.05) is 41.0 Å². The smallest absolute Gasteiger partial charge is 0.255 e. The van der Waals surface area contributed by atoms with E-state index in [2.05, 4.69) is 20.6 Å². The zero-order chi connectivity index (χ0) is 19.9. The monoisotopic (exact) mass is 376 g/mol. The van der Waals surface area contributed by atoms with Crippen molar-refractivity contribution in [3.63, 3.8) is 0 Å². The predicted molar refractivity (Wildman–Crippen MR) is 105 cm³/mol. The highest BCUT2D eigenvalue weighted by Gasteiger charge is 2.10. The number of benzene rings is 2. The number of amides is 2. The van der Waals surface area contributed by atoms with Crippen LogP contribution in [0.25, 0.3) is 6.08 Å². The topological polar surface area (TPSA) is 84.0 Å². The molecule has 3 aromatic rings. The molecule has 0 aliphatic carbocycles. The van der Waals surface area contributed by atoms with Crippen molar-refractivity contribution in [3.8, 4) is 0 Å². The number of carbonyl (C=O) groups excluding carboxylic acids is 2. The molecule has 1 heterocycles. The van der Waals surface area contributed by atoms with Gasteiger partial charge in [-0.3, -0.25) is 9.59 Å². The van der Waals surface area contributed by atoms with E-state index in [-0.39, 0.29) is 17.6 Å². The molecular weight excluding hydrogens is 359 g/mol. The number of hydrogen-bond acceptors (Lipinski definition) is 4. The Morgan fingerprint density at radius 1 is 1.00 bits per heavy atom. The van der Waals surface area contributed by atoms with E-state index in [1.807, 2.05) is 6.92 Å². The molecule has 0 radical (unpaired) electrons. The van der Waals surface area contributed by atoms with E-state index in [1.165, 1.54) is 36.7 Å². The second-order valence-corrected chi connectivity index (χ2v) is 5.99. The summed E-state index contributed by atoms with van der Waals surface area (Å²) in [5.41, 5.74) is 2.87. The minimum Gasteiger partial charge on any atom is -0.322 e. The van der Waals surface area contributed by atoms with E-state index in [9.17, 15) is 14.0 Å². The molecule has 0 unspecified atom stereocenters. The third-order valence-electron chi connectivity index (χ3n) is 3.87. The van der Waals surface area contributed by atoms with Gasteiger partial charge in [-0.2, -0.15) is 0 Å². The first-order chi connectivity index (χ1) is 13.5. The summed E-state index contributed by atoms with van der Waals surface area (Å²) in [4.78, 5) is 32.3. The Hall–Kier alpha value is -3.87. The highest BCUT2D eigenvalue weighted by atomic mass is 19.1. The fourth-order valence-electron chi connectivity index (χ4n) is 2.38. The average Bonchev–Trinajstić information content (AvgIpc) is 2.70. The first kappa shape index (κ1) is 18.9. The molecule has 0 saturated carbocycles. The zero-order valence-electron chi connectivity index (χ0n) is 15.0. The molecule has 0 aliphatic rings. The van der Waals surface area contributed by atoms with Gasteiger partial charge in [-0.05, 0) is 55.0 Å². The zero-order valence-corrected chi connectivity index (χ0v) is 15.0. The van der Waals surface area contributed by atoms with Gasteiger partial charge in [0.2, 0.25) is 5.91 Å². The molecule has 28 heavy (non-hydrogen) atoms. The normalized spacial score (nSPS) is 10.6. The van der Waals surface area contributed by atoms with Gasteiger partial charge in [-0.25, -0.2) is 14.4 Å². The number of aryl methyl sites for hydroxylation is 1. The third-order valence-corrected chi connectivity index (χ3v) is 3.87. The molecular formula is C21H17FN4O2. The molecule has 2 amide bonds. The quantitative estimate of drug-likeness (QED) is 0.663. The van der Waals surface area contributed by atoms with Crippen LogP contribution in [0.5, 0.6) is 0 Å². The molecule has 1 aromatic heterocycles. The Bertz CT molecular complexity index is 1020. The number of rotatable bonds is 5. The van der Waals surface area contributed by atoms with Gasteiger partial charge in [-0.15, -0.1) is 0 Å². The van der Waals surface area contributed by atoms with Crippen molar-refractivity contribution in [2.75, 3.05) is 10.6 Å². The fraction of sp³-hybridized carbons (Fsp3) is 0.0476. The van der Waals surface area contributed by atoms with Gasteiger partial charge >= 0.3 is 0 Å². The second kappa shape index (κ2) is 8.68. The number of nitrogens with one attached hydrogen (secondary N) is 2. The molecule has 0 spiro atoms. The lowest BCUT2D eigenvalue weighted by molar-refractivity contribution is -0.111. The molecule has 0 saturated heterocycles. The van der Waals surface area contributed by atoms with Crippen LogP contribution in [0.3, 0.4) is 0 Å². The number of nitrogens with zero attached hydrogens (tertiary/aromatic N) is 2. The molecule has 0 atom stereocenters. The van der Waals surface area contributed by atoms with Crippen molar-refractivity contribution in [1.29, 1.82) is 0 Å². The van der Waals surface area contributed by atoms with E-state index in [0.29, 0.717) is 22.5 Å². The number of anilines is 2. The number of hydrogen-bond donors (Lipinski definition) is 2. The van der Waals surface area contributed by atoms with Crippen molar-refractivity contribution in [3.05, 3.63) is 89.8 Å². The van der Waals surface area contributed by atoms with Crippen molar-refractivity contribution < 1.29 is 14.0 Å². The van der Waals surface area contributed by atoms with E-state index in [4.69, 9.17) is 0 Å². The number of halogens is 1. The van der Waals surface area contributed by atoms with Crippen LogP contribution in [-0.4, -0.2) is 21.8 Å². The van der Waals surface area contributed by atoms with Gasteiger partial charge in [0.05, 0.1) is 0 Å². The summed E-state index contributed by atoms with van der Waals surface area (Å²) in [5.74, 6) is -1.09. The first-order valence-electron chi connectivity index (χ1n) is 8.43. The fourth-order valence-corrected chi connectivity index (χ4v) is 2.38. The number of aromatic nitrogens is 2. The summed E-state index contributed by atoms with van der Waals surface area (Å²) in [6, 6.07) is 10.5. The van der Waals surface area contributed by atoms with Crippen LogP contribution in [-0.2, 0) is 4.79 Å². The van der Waals surface area contributed by atoms with Crippen LogP contribution in [0.15, 0.2) is 67.3 Å². The summed E-state index contributed by atoms with van der Waals surface area (Å²) in [7, 11) is 0. The molecule has 0 bridgehead atoms. The van der Waals surface area contributed by atoms with Crippen molar-refractivity contribution >= 4 is 29.3 Å². The van der Waals surface area contributed by atoms with Crippen LogP contribution in [0.4, 0.5) is 15.8 Å². The van der Waals surface area contributed by atoms with Crippen LogP contribution in [0, 0.1) is 12.7 Å². The largest absolute Gasteiger partial charge is 0.322 e. The maximum absolute atomic E-state index is 13.0. The minimum atomic E-state index is -0.381. The summed E-state index contributed by atoms with van der Waals surface area (Å²) in [6.07, 6.45) is 7.54. The van der Waals surface area contributed by atoms with Gasteiger partial charge in [0.1, 0.15) is 12.1 Å². The SMILES string of the molecule is Cc1ccc(C(=O)Nc2ccc(F)cc2)cc1NC(=O)/C=C/c1cncnc1. The van der Waals surface area contributed by atoms with E-state index in [1.54, 1.807) is 36.7 Å². The highest BCUT2D eigenvalue weighted by Crippen LogP contribution is 2.19. The Kier molecular flexibility index (Phi) is 5.86. The lowest BCUT2D eigenvalue weighted by Gasteiger charge is -2.10. The molecule has 7 heteroatoms. The lowest BCUT2D eigenvalue weighted by Crippen LogP contribution is -2.14. The van der Waals surface area contributed by atoms with Crippen LogP contribution >= 0.6 is 0 Å². The second-order valence-electron chi connectivity index (χ2n) is 5.99. The summed E-state index contributed by atoms with van der Waals surface area (Å²) < 4.78 is 13.0. The standard InChI is InChI=1S/C21H17FN4O2/c1-14-2-4-16(21(28)25-18-7-5-17(22)6-8-18)10-19(14)26-20(27)9-3-15-11-23-13-24-12-15/h2-13H,1H3,(H,25,28)(H,26,27)/b9-3+. The number of carbonyl (C=O) groups is 2. The van der Waals surface area contributed by atoms with Gasteiger partial charge in [0.15, 0.2) is 0 Å². The Morgan fingerprint density at radius 3 is 2.43 bits per heavy atom. The molecule has 0 fully saturated rings. The van der Waals surface area contributed by atoms with Crippen LogP contribution < -0.4 is 10.6 Å². The maximum Gasteiger partial charge on any atom is 0.255 e. The molecule has 6 nitrogen and oxygen atoms in total. The lowest BCUT2D eigenvalue weighted by atomic mass is 10.1. The third kappa shape index (κ3) is 5.07.